The highest BCUT2D eigenvalue weighted by molar-refractivity contribution is 7.02. The van der Waals surface area contributed by atoms with Crippen molar-refractivity contribution >= 4 is 23.1 Å². The number of aromatic nitrogens is 2. The molecule has 29 heavy (non-hydrogen) atoms. The van der Waals surface area contributed by atoms with Gasteiger partial charge in [0.05, 0.1) is 12.2 Å². The molecule has 5 nitrogen and oxygen atoms in total. The minimum atomic E-state index is 0.248. The SMILES string of the molecule is Cc1nsc(=NC(=Nc2ccccc2)c2ccccc2)n1Cc1cccc(O)c1. The topological polar surface area (TPSA) is 62.8 Å². The van der Waals surface area contributed by atoms with Gasteiger partial charge in [-0.25, -0.2) is 4.99 Å². The number of phenolic OH excluding ortho intramolecular Hbond substituents is 1. The van der Waals surface area contributed by atoms with Gasteiger partial charge in [-0.1, -0.05) is 60.7 Å². The highest BCUT2D eigenvalue weighted by Crippen LogP contribution is 2.15. The lowest BCUT2D eigenvalue weighted by Gasteiger charge is -2.06. The van der Waals surface area contributed by atoms with E-state index in [9.17, 15) is 5.11 Å². The van der Waals surface area contributed by atoms with Gasteiger partial charge in [-0.3, -0.25) is 4.57 Å². The summed E-state index contributed by atoms with van der Waals surface area (Å²) in [5.41, 5.74) is 2.76. The Hall–Kier alpha value is -3.51. The summed E-state index contributed by atoms with van der Waals surface area (Å²) in [7, 11) is 0. The summed E-state index contributed by atoms with van der Waals surface area (Å²) >= 11 is 1.34. The summed E-state index contributed by atoms with van der Waals surface area (Å²) in [6, 6.07) is 27.0. The average molecular weight is 401 g/mol. The van der Waals surface area contributed by atoms with Crippen molar-refractivity contribution < 1.29 is 5.11 Å². The maximum Gasteiger partial charge on any atom is 0.211 e. The third kappa shape index (κ3) is 4.67. The van der Waals surface area contributed by atoms with E-state index < -0.39 is 0 Å². The number of aryl methyl sites for hydroxylation is 1. The van der Waals surface area contributed by atoms with Crippen LogP contribution in [0.5, 0.6) is 5.75 Å². The molecular formula is C23H20N4OS. The molecule has 6 heteroatoms. The van der Waals surface area contributed by atoms with E-state index in [0.29, 0.717) is 12.4 Å². The number of rotatable bonds is 4. The fourth-order valence-electron chi connectivity index (χ4n) is 2.90. The van der Waals surface area contributed by atoms with Gasteiger partial charge in [-0.2, -0.15) is 9.37 Å². The summed E-state index contributed by atoms with van der Waals surface area (Å²) in [5.74, 6) is 1.74. The summed E-state index contributed by atoms with van der Waals surface area (Å²) in [5, 5.41) is 9.77. The van der Waals surface area contributed by atoms with E-state index in [2.05, 4.69) is 4.37 Å². The molecule has 0 radical (unpaired) electrons. The molecule has 4 aromatic rings. The smallest absolute Gasteiger partial charge is 0.211 e. The number of aromatic hydroxyl groups is 1. The Kier molecular flexibility index (Phi) is 5.63. The van der Waals surface area contributed by atoms with Crippen molar-refractivity contribution in [1.82, 2.24) is 8.94 Å². The second kappa shape index (κ2) is 8.67. The van der Waals surface area contributed by atoms with Crippen LogP contribution in [-0.4, -0.2) is 19.9 Å². The van der Waals surface area contributed by atoms with Gasteiger partial charge < -0.3 is 5.11 Å². The molecule has 0 amide bonds. The molecule has 0 aliphatic heterocycles. The molecule has 0 spiro atoms. The number of hydrogen-bond donors (Lipinski definition) is 1. The molecule has 0 saturated heterocycles. The van der Waals surface area contributed by atoms with Crippen LogP contribution in [0.3, 0.4) is 0 Å². The molecule has 144 valence electrons. The van der Waals surface area contributed by atoms with Gasteiger partial charge in [0, 0.05) is 17.1 Å². The van der Waals surface area contributed by atoms with Crippen LogP contribution < -0.4 is 4.80 Å². The lowest BCUT2D eigenvalue weighted by molar-refractivity contribution is 0.474. The highest BCUT2D eigenvalue weighted by Gasteiger charge is 2.08. The first-order chi connectivity index (χ1) is 14.2. The Morgan fingerprint density at radius 3 is 2.41 bits per heavy atom. The van der Waals surface area contributed by atoms with Gasteiger partial charge in [0.2, 0.25) is 4.80 Å². The Bertz CT molecular complexity index is 1190. The van der Waals surface area contributed by atoms with Gasteiger partial charge in [0.1, 0.15) is 11.6 Å². The number of nitrogens with zero attached hydrogens (tertiary/aromatic N) is 4. The first kappa shape index (κ1) is 18.8. The normalized spacial score (nSPS) is 12.3. The monoisotopic (exact) mass is 400 g/mol. The predicted octanol–water partition coefficient (Wildman–Crippen LogP) is 4.69. The van der Waals surface area contributed by atoms with Crippen LogP contribution in [-0.2, 0) is 6.54 Å². The van der Waals surface area contributed by atoms with Crippen LogP contribution in [0.15, 0.2) is 94.9 Å². The van der Waals surface area contributed by atoms with Gasteiger partial charge in [-0.15, -0.1) is 0 Å². The quantitative estimate of drug-likeness (QED) is 0.399. The molecule has 0 bridgehead atoms. The van der Waals surface area contributed by atoms with Crippen LogP contribution in [0.1, 0.15) is 17.0 Å². The van der Waals surface area contributed by atoms with E-state index in [1.807, 2.05) is 84.3 Å². The number of aliphatic imine (C=N–C) groups is 1. The van der Waals surface area contributed by atoms with Gasteiger partial charge in [0.25, 0.3) is 0 Å². The third-order valence-corrected chi connectivity index (χ3v) is 5.19. The van der Waals surface area contributed by atoms with Crippen LogP contribution in [0.2, 0.25) is 0 Å². The predicted molar refractivity (Wildman–Crippen MR) is 117 cm³/mol. The summed E-state index contributed by atoms with van der Waals surface area (Å²) in [6.07, 6.45) is 0. The fraction of sp³-hybridized carbons (Fsp3) is 0.0870. The molecule has 0 aliphatic rings. The second-order valence-electron chi connectivity index (χ2n) is 6.52. The maximum atomic E-state index is 9.77. The molecule has 1 N–H and O–H groups in total. The van der Waals surface area contributed by atoms with E-state index in [4.69, 9.17) is 9.98 Å². The summed E-state index contributed by atoms with van der Waals surface area (Å²) < 4.78 is 6.51. The molecule has 0 fully saturated rings. The van der Waals surface area contributed by atoms with E-state index in [-0.39, 0.29) is 5.75 Å². The summed E-state index contributed by atoms with van der Waals surface area (Å²) in [6.45, 7) is 2.53. The molecule has 0 aliphatic carbocycles. The van der Waals surface area contributed by atoms with Crippen molar-refractivity contribution in [2.24, 2.45) is 9.98 Å². The van der Waals surface area contributed by atoms with Crippen LogP contribution >= 0.6 is 11.5 Å². The van der Waals surface area contributed by atoms with Crippen molar-refractivity contribution in [3.63, 3.8) is 0 Å². The van der Waals surface area contributed by atoms with Crippen molar-refractivity contribution in [3.8, 4) is 5.75 Å². The molecular weight excluding hydrogens is 380 g/mol. The average Bonchev–Trinajstić information content (AvgIpc) is 3.08. The molecule has 0 saturated carbocycles. The third-order valence-electron chi connectivity index (χ3n) is 4.36. The first-order valence-corrected chi connectivity index (χ1v) is 10.0. The number of hydrogen-bond acceptors (Lipinski definition) is 4. The van der Waals surface area contributed by atoms with E-state index >= 15 is 0 Å². The standard InChI is InChI=1S/C23H20N4OS/c1-17-26-29-23(27(17)16-18-9-8-14-21(28)15-18)25-22(19-10-4-2-5-11-19)24-20-12-6-3-7-13-20/h2-15,28H,16H2,1H3. The van der Waals surface area contributed by atoms with Crippen molar-refractivity contribution in [2.45, 2.75) is 13.5 Å². The number of benzene rings is 3. The van der Waals surface area contributed by atoms with E-state index in [1.165, 1.54) is 11.5 Å². The van der Waals surface area contributed by atoms with Crippen molar-refractivity contribution in [1.29, 1.82) is 0 Å². The Balaban J connectivity index is 1.80. The molecule has 1 heterocycles. The zero-order valence-electron chi connectivity index (χ0n) is 15.9. The maximum absolute atomic E-state index is 9.77. The largest absolute Gasteiger partial charge is 0.508 e. The zero-order chi connectivity index (χ0) is 20.1. The van der Waals surface area contributed by atoms with E-state index in [1.54, 1.807) is 12.1 Å². The Morgan fingerprint density at radius 1 is 0.966 bits per heavy atom. The summed E-state index contributed by atoms with van der Waals surface area (Å²) in [4.78, 5) is 10.4. The lowest BCUT2D eigenvalue weighted by Crippen LogP contribution is -2.19. The molecule has 0 unspecified atom stereocenters. The Labute approximate surface area is 173 Å². The van der Waals surface area contributed by atoms with Gasteiger partial charge >= 0.3 is 0 Å². The van der Waals surface area contributed by atoms with Crippen LogP contribution in [0, 0.1) is 6.92 Å². The number of amidine groups is 1. The fourth-order valence-corrected chi connectivity index (χ4v) is 3.64. The van der Waals surface area contributed by atoms with Gasteiger partial charge in [0.15, 0.2) is 5.84 Å². The van der Waals surface area contributed by atoms with Crippen molar-refractivity contribution in [2.75, 3.05) is 0 Å². The number of phenols is 1. The number of para-hydroxylation sites is 1. The molecule has 3 aromatic carbocycles. The zero-order valence-corrected chi connectivity index (χ0v) is 16.8. The Morgan fingerprint density at radius 2 is 1.69 bits per heavy atom. The minimum absolute atomic E-state index is 0.248. The lowest BCUT2D eigenvalue weighted by atomic mass is 10.2. The van der Waals surface area contributed by atoms with Gasteiger partial charge in [-0.05, 0) is 36.8 Å². The minimum Gasteiger partial charge on any atom is -0.508 e. The van der Waals surface area contributed by atoms with Crippen LogP contribution in [0.4, 0.5) is 5.69 Å². The van der Waals surface area contributed by atoms with E-state index in [0.717, 1.165) is 27.4 Å². The first-order valence-electron chi connectivity index (χ1n) is 9.24. The molecule has 4 rings (SSSR count). The molecule has 1 aromatic heterocycles. The molecule has 0 atom stereocenters. The second-order valence-corrected chi connectivity index (χ2v) is 7.25. The highest BCUT2D eigenvalue weighted by atomic mass is 32.1. The van der Waals surface area contributed by atoms with Crippen LogP contribution in [0.25, 0.3) is 0 Å². The van der Waals surface area contributed by atoms with Crippen molar-refractivity contribution in [3.05, 3.63) is 107 Å².